The Morgan fingerprint density at radius 3 is 2.48 bits per heavy atom. The highest BCUT2D eigenvalue weighted by Crippen LogP contribution is 2.53. The summed E-state index contributed by atoms with van der Waals surface area (Å²) in [5.41, 5.74) is 2.21. The summed E-state index contributed by atoms with van der Waals surface area (Å²) >= 11 is 0. The number of halogens is 1. The van der Waals surface area contributed by atoms with Gasteiger partial charge in [-0.25, -0.2) is 4.39 Å². The van der Waals surface area contributed by atoms with E-state index in [1.54, 1.807) is 14.1 Å². The molecule has 1 amide bonds. The first-order valence-corrected chi connectivity index (χ1v) is 13.6. The molecule has 0 aromatic heterocycles. The van der Waals surface area contributed by atoms with Crippen LogP contribution >= 0.6 is 0 Å². The van der Waals surface area contributed by atoms with Crippen LogP contribution in [0.5, 0.6) is 5.75 Å². The van der Waals surface area contributed by atoms with E-state index >= 15 is 4.39 Å². The third kappa shape index (κ3) is 4.40. The first kappa shape index (κ1) is 29.7. The van der Waals surface area contributed by atoms with Gasteiger partial charge in [0, 0.05) is 29.2 Å². The highest BCUT2D eigenvalue weighted by atomic mass is 19.1. The molecule has 0 saturated heterocycles. The van der Waals surface area contributed by atoms with Crippen LogP contribution in [-0.2, 0) is 27.3 Å². The van der Waals surface area contributed by atoms with E-state index in [1.165, 1.54) is 18.1 Å². The van der Waals surface area contributed by atoms with Crippen LogP contribution in [-0.4, -0.2) is 88.5 Å². The number of primary amides is 1. The Morgan fingerprint density at radius 1 is 1.25 bits per heavy atom. The van der Waals surface area contributed by atoms with Gasteiger partial charge in [0.2, 0.25) is 5.78 Å². The summed E-state index contributed by atoms with van der Waals surface area (Å²) in [6.07, 6.45) is 1.92. The predicted octanol–water partition coefficient (Wildman–Crippen LogP) is 2.03. The molecule has 1 saturated carbocycles. The molecule has 5 N–H and O–H groups in total. The Morgan fingerprint density at radius 2 is 1.93 bits per heavy atom. The molecule has 3 aliphatic carbocycles. The van der Waals surface area contributed by atoms with E-state index in [0.717, 1.165) is 25.9 Å². The third-order valence-electron chi connectivity index (χ3n) is 8.60. The van der Waals surface area contributed by atoms with Gasteiger partial charge in [0.1, 0.15) is 28.7 Å². The number of ketones is 2. The maximum Gasteiger partial charge on any atom is 0.255 e. The van der Waals surface area contributed by atoms with Gasteiger partial charge in [-0.15, -0.1) is 0 Å². The fourth-order valence-corrected chi connectivity index (χ4v) is 6.58. The number of rotatable bonds is 9. The van der Waals surface area contributed by atoms with Gasteiger partial charge in [-0.05, 0) is 58.4 Å². The van der Waals surface area contributed by atoms with Crippen LogP contribution in [0.15, 0.2) is 23.0 Å². The summed E-state index contributed by atoms with van der Waals surface area (Å²) in [7, 11) is 4.47. The van der Waals surface area contributed by atoms with Crippen molar-refractivity contribution in [2.45, 2.75) is 57.7 Å². The van der Waals surface area contributed by atoms with E-state index in [1.807, 2.05) is 6.92 Å². The maximum atomic E-state index is 16.1. The molecule has 1 aromatic rings. The topological polar surface area (TPSA) is 154 Å². The molecule has 218 valence electrons. The van der Waals surface area contributed by atoms with Gasteiger partial charge in [0.05, 0.1) is 18.7 Å². The lowest BCUT2D eigenvalue weighted by Gasteiger charge is -2.50. The summed E-state index contributed by atoms with van der Waals surface area (Å²) in [5, 5.41) is 34.1. The number of likely N-dealkylation sites (N-methyl/N-ethyl adjacent to an activating group) is 1. The lowest BCUT2D eigenvalue weighted by atomic mass is 9.57. The van der Waals surface area contributed by atoms with Crippen LogP contribution in [0, 0.1) is 17.7 Å². The van der Waals surface area contributed by atoms with Crippen LogP contribution in [0.4, 0.5) is 4.39 Å². The smallest absolute Gasteiger partial charge is 0.255 e. The Bertz CT molecular complexity index is 1320. The highest BCUT2D eigenvalue weighted by Gasteiger charge is 2.64. The first-order valence-electron chi connectivity index (χ1n) is 13.6. The largest absolute Gasteiger partial charge is 0.508 e. The number of Topliss-reactive ketones (excluding diaryl/α,β-unsaturated/α-hetero) is 2. The normalized spacial score (nSPS) is 26.3. The number of unbranched alkanes of at least 4 members (excludes halogenated alkanes) is 1. The van der Waals surface area contributed by atoms with Gasteiger partial charge in [0.15, 0.2) is 11.4 Å². The summed E-state index contributed by atoms with van der Waals surface area (Å²) < 4.78 is 21.6. The molecule has 0 bridgehead atoms. The number of benzene rings is 1. The van der Waals surface area contributed by atoms with Crippen LogP contribution < -0.4 is 10.5 Å². The average Bonchev–Trinajstić information content (AvgIpc) is 2.89. The zero-order valence-corrected chi connectivity index (χ0v) is 23.6. The molecular weight excluding hydrogens is 521 g/mol. The number of nitrogens with two attached hydrogens (primary N) is 1. The Hall–Kier alpha value is -3.28. The molecule has 0 aliphatic heterocycles. The molecule has 4 atom stereocenters. The summed E-state index contributed by atoms with van der Waals surface area (Å²) in [4.78, 5) is 42.8. The zero-order valence-electron chi connectivity index (χ0n) is 23.6. The van der Waals surface area contributed by atoms with Crippen LogP contribution in [0.3, 0.4) is 0 Å². The number of methoxy groups -OCH3 is 1. The van der Waals surface area contributed by atoms with E-state index in [9.17, 15) is 29.7 Å². The van der Waals surface area contributed by atoms with Crippen LogP contribution in [0.1, 0.15) is 49.8 Å². The van der Waals surface area contributed by atoms with E-state index in [2.05, 4.69) is 11.8 Å². The van der Waals surface area contributed by atoms with Crippen molar-refractivity contribution < 1.29 is 38.8 Å². The number of amides is 1. The number of carbonyl (C=O) groups is 3. The Balaban J connectivity index is 1.89. The van der Waals surface area contributed by atoms with Crippen molar-refractivity contribution in [1.82, 2.24) is 9.80 Å². The number of hydrogen-bond donors (Lipinski definition) is 4. The quantitative estimate of drug-likeness (QED) is 0.333. The van der Waals surface area contributed by atoms with Crippen molar-refractivity contribution in [2.75, 3.05) is 34.3 Å². The summed E-state index contributed by atoms with van der Waals surface area (Å²) in [5.74, 6) is -7.11. The molecule has 11 heteroatoms. The fourth-order valence-electron chi connectivity index (χ4n) is 6.58. The van der Waals surface area contributed by atoms with Crippen LogP contribution in [0.25, 0.3) is 5.76 Å². The summed E-state index contributed by atoms with van der Waals surface area (Å²) in [6, 6.07) is 0.342. The van der Waals surface area contributed by atoms with Gasteiger partial charge in [-0.1, -0.05) is 20.3 Å². The standard InChI is InChI=1S/C29H38FN3O7/c1-6-8-9-33(7-2)13-15-12-18(40-5)20-16(22(15)30)10-14-11-17-23(32(3)4)25(35)21(28(31)38)27(37)29(17,39)26(36)19(14)24(20)34/h12,14,17,23,34,37,39H,6-11,13H2,1-5H3,(H2,31,38)/t14-,17-,23-,29-/m0/s1. The zero-order chi connectivity index (χ0) is 29.7. The summed E-state index contributed by atoms with van der Waals surface area (Å²) in [6.45, 7) is 5.93. The Labute approximate surface area is 232 Å². The molecule has 0 unspecified atom stereocenters. The highest BCUT2D eigenvalue weighted by molar-refractivity contribution is 6.24. The molecule has 1 fully saturated rings. The lowest BCUT2D eigenvalue weighted by molar-refractivity contribution is -0.153. The van der Waals surface area contributed by atoms with E-state index < -0.39 is 63.9 Å². The van der Waals surface area contributed by atoms with Gasteiger partial charge in [-0.3, -0.25) is 24.2 Å². The number of ether oxygens (including phenoxy) is 1. The molecule has 10 nitrogen and oxygen atoms in total. The van der Waals surface area contributed by atoms with E-state index in [0.29, 0.717) is 12.1 Å². The van der Waals surface area contributed by atoms with Crippen molar-refractivity contribution in [1.29, 1.82) is 0 Å². The predicted molar refractivity (Wildman–Crippen MR) is 145 cm³/mol. The number of fused-ring (bicyclic) bond motifs is 3. The molecule has 0 radical (unpaired) electrons. The second-order valence-corrected chi connectivity index (χ2v) is 11.1. The fraction of sp³-hybridized carbons (Fsp3) is 0.552. The van der Waals surface area contributed by atoms with Gasteiger partial charge in [0.25, 0.3) is 5.91 Å². The molecule has 1 aromatic carbocycles. The lowest BCUT2D eigenvalue weighted by Crippen LogP contribution is -2.65. The first-order chi connectivity index (χ1) is 18.8. The van der Waals surface area contributed by atoms with Crippen molar-refractivity contribution >= 4 is 23.2 Å². The molecule has 0 spiro atoms. The minimum Gasteiger partial charge on any atom is -0.508 e. The molecule has 3 aliphatic rings. The van der Waals surface area contributed by atoms with Crippen molar-refractivity contribution in [3.05, 3.63) is 45.5 Å². The van der Waals surface area contributed by atoms with Gasteiger partial charge < -0.3 is 25.8 Å². The minimum absolute atomic E-state index is 0.00561. The minimum atomic E-state index is -2.68. The second-order valence-electron chi connectivity index (χ2n) is 11.1. The Kier molecular flexibility index (Phi) is 8.13. The average molecular weight is 560 g/mol. The number of carbonyl (C=O) groups excluding carboxylic acids is 3. The maximum absolute atomic E-state index is 16.1. The molecule has 0 heterocycles. The second kappa shape index (κ2) is 10.9. The number of hydrogen-bond acceptors (Lipinski definition) is 9. The molecular formula is C29H38FN3O7. The monoisotopic (exact) mass is 559 g/mol. The number of aliphatic hydroxyl groups excluding tert-OH is 2. The third-order valence-corrected chi connectivity index (χ3v) is 8.60. The number of nitrogens with zero attached hydrogens (tertiary/aromatic N) is 2. The van der Waals surface area contributed by atoms with E-state index in [-0.39, 0.29) is 35.3 Å². The van der Waals surface area contributed by atoms with Crippen LogP contribution in [0.2, 0.25) is 0 Å². The molecule has 40 heavy (non-hydrogen) atoms. The van der Waals surface area contributed by atoms with Crippen molar-refractivity contribution in [2.24, 2.45) is 17.6 Å². The number of aliphatic hydroxyl groups is 3. The van der Waals surface area contributed by atoms with E-state index in [4.69, 9.17) is 10.5 Å². The van der Waals surface area contributed by atoms with Crippen molar-refractivity contribution in [3.8, 4) is 5.75 Å². The SMILES string of the molecule is CCCCN(CC)Cc1cc(OC)c2c(c1F)C[C@H]1C[C@H]3[C@H](N(C)C)C(=O)C(C(N)=O)=C(O)[C@@]3(O)C(=O)C1=C2O. The van der Waals surface area contributed by atoms with Crippen molar-refractivity contribution in [3.63, 3.8) is 0 Å². The van der Waals surface area contributed by atoms with Gasteiger partial charge in [-0.2, -0.15) is 0 Å². The molecule has 4 rings (SSSR count). The van der Waals surface area contributed by atoms with Gasteiger partial charge >= 0.3 is 0 Å².